The van der Waals surface area contributed by atoms with Crippen LogP contribution in [0.15, 0.2) is 71.9 Å². The molecule has 2 N–H and O–H groups in total. The van der Waals surface area contributed by atoms with Crippen LogP contribution in [0.4, 0.5) is 28.0 Å². The van der Waals surface area contributed by atoms with Crippen molar-refractivity contribution in [3.63, 3.8) is 0 Å². The number of sulfone groups is 1. The van der Waals surface area contributed by atoms with E-state index >= 15 is 0 Å². The molecule has 11 heteroatoms. The van der Waals surface area contributed by atoms with Crippen molar-refractivity contribution in [2.24, 2.45) is 0 Å². The molecular formula is C21H17F4N3O3S. The van der Waals surface area contributed by atoms with E-state index in [4.69, 9.17) is 0 Å². The molecular weight excluding hydrogens is 450 g/mol. The minimum atomic E-state index is -4.94. The summed E-state index contributed by atoms with van der Waals surface area (Å²) in [6.07, 6.45) is -1.74. The molecule has 2 amide bonds. The van der Waals surface area contributed by atoms with Crippen molar-refractivity contribution in [2.45, 2.75) is 23.4 Å². The van der Waals surface area contributed by atoms with Gasteiger partial charge in [-0.1, -0.05) is 12.1 Å². The molecule has 0 aliphatic rings. The van der Waals surface area contributed by atoms with Crippen molar-refractivity contribution in [1.82, 2.24) is 10.3 Å². The predicted octanol–water partition coefficient (Wildman–Crippen LogP) is 4.54. The Balaban J connectivity index is 1.65. The van der Waals surface area contributed by atoms with Crippen LogP contribution in [-0.4, -0.2) is 19.4 Å². The van der Waals surface area contributed by atoms with E-state index in [1.165, 1.54) is 24.3 Å². The Morgan fingerprint density at radius 3 is 2.34 bits per heavy atom. The Hall–Kier alpha value is -3.47. The van der Waals surface area contributed by atoms with Crippen LogP contribution in [-0.2, 0) is 28.3 Å². The SMILES string of the molecule is O=C(NCc1cccnc1)Nc1ccc(S(=O)(=O)Cc2ccc(F)c(C(F)(F)F)c2)cc1. The van der Waals surface area contributed by atoms with Gasteiger partial charge in [0.15, 0.2) is 9.84 Å². The third-order valence-corrected chi connectivity index (χ3v) is 6.04. The maximum atomic E-state index is 13.4. The second-order valence-corrected chi connectivity index (χ2v) is 8.75. The molecule has 6 nitrogen and oxygen atoms in total. The number of aromatic nitrogens is 1. The predicted molar refractivity (Wildman–Crippen MR) is 109 cm³/mol. The second-order valence-electron chi connectivity index (χ2n) is 6.76. The third kappa shape index (κ3) is 6.03. The molecule has 1 heterocycles. The van der Waals surface area contributed by atoms with E-state index in [-0.39, 0.29) is 17.0 Å². The number of carbonyl (C=O) groups excluding carboxylic acids is 1. The van der Waals surface area contributed by atoms with Crippen molar-refractivity contribution in [3.05, 3.63) is 89.5 Å². The van der Waals surface area contributed by atoms with Crippen molar-refractivity contribution < 1.29 is 30.8 Å². The lowest BCUT2D eigenvalue weighted by Crippen LogP contribution is -2.28. The highest BCUT2D eigenvalue weighted by Crippen LogP contribution is 2.32. The molecule has 1 aromatic heterocycles. The number of nitrogens with one attached hydrogen (secondary N) is 2. The van der Waals surface area contributed by atoms with Gasteiger partial charge < -0.3 is 10.6 Å². The van der Waals surface area contributed by atoms with Crippen LogP contribution in [0.5, 0.6) is 0 Å². The van der Waals surface area contributed by atoms with E-state index in [1.54, 1.807) is 24.5 Å². The Bertz CT molecular complexity index is 1200. The molecule has 0 unspecified atom stereocenters. The lowest BCUT2D eigenvalue weighted by atomic mass is 10.1. The number of halogens is 4. The van der Waals surface area contributed by atoms with Crippen LogP contribution in [0, 0.1) is 5.82 Å². The number of hydrogen-bond donors (Lipinski definition) is 2. The number of benzene rings is 2. The van der Waals surface area contributed by atoms with Crippen molar-refractivity contribution in [3.8, 4) is 0 Å². The number of alkyl halides is 3. The van der Waals surface area contributed by atoms with Crippen LogP contribution < -0.4 is 10.6 Å². The molecule has 0 aliphatic heterocycles. The molecule has 3 aromatic rings. The summed E-state index contributed by atoms with van der Waals surface area (Å²) in [6.45, 7) is 0.240. The van der Waals surface area contributed by atoms with Gasteiger partial charge in [0.1, 0.15) is 5.82 Å². The number of carbonyl (C=O) groups is 1. The first-order valence-electron chi connectivity index (χ1n) is 9.17. The average Bonchev–Trinajstić information content (AvgIpc) is 2.74. The van der Waals surface area contributed by atoms with E-state index in [0.717, 1.165) is 11.6 Å². The summed E-state index contributed by atoms with van der Waals surface area (Å²) in [7, 11) is -4.00. The molecule has 168 valence electrons. The van der Waals surface area contributed by atoms with Gasteiger partial charge >= 0.3 is 12.2 Å². The minimum absolute atomic E-state index is 0.156. The number of amides is 2. The van der Waals surface area contributed by atoms with Crippen molar-refractivity contribution in [2.75, 3.05) is 5.32 Å². The van der Waals surface area contributed by atoms with Crippen LogP contribution in [0.25, 0.3) is 0 Å². The molecule has 2 aromatic carbocycles. The maximum Gasteiger partial charge on any atom is 0.419 e. The Kier molecular flexibility index (Phi) is 6.78. The topological polar surface area (TPSA) is 88.2 Å². The molecule has 0 atom stereocenters. The van der Waals surface area contributed by atoms with Gasteiger partial charge in [0.2, 0.25) is 0 Å². The number of urea groups is 1. The zero-order chi connectivity index (χ0) is 23.4. The normalized spacial score (nSPS) is 11.8. The van der Waals surface area contributed by atoms with Gasteiger partial charge in [0.05, 0.1) is 16.2 Å². The van der Waals surface area contributed by atoms with Gasteiger partial charge in [-0.25, -0.2) is 17.6 Å². The molecule has 0 aliphatic carbocycles. The van der Waals surface area contributed by atoms with Crippen LogP contribution in [0.3, 0.4) is 0 Å². The first kappa shape index (κ1) is 23.2. The molecule has 0 fully saturated rings. The number of rotatable bonds is 6. The Labute approximate surface area is 181 Å². The Morgan fingerprint density at radius 2 is 1.72 bits per heavy atom. The zero-order valence-corrected chi connectivity index (χ0v) is 17.2. The lowest BCUT2D eigenvalue weighted by molar-refractivity contribution is -0.140. The fraction of sp³-hybridized carbons (Fsp3) is 0.143. The highest BCUT2D eigenvalue weighted by atomic mass is 32.2. The minimum Gasteiger partial charge on any atom is -0.334 e. The smallest absolute Gasteiger partial charge is 0.334 e. The quantitative estimate of drug-likeness (QED) is 0.522. The second kappa shape index (κ2) is 9.35. The van der Waals surface area contributed by atoms with Gasteiger partial charge in [-0.2, -0.15) is 13.2 Å². The van der Waals surface area contributed by atoms with E-state index in [9.17, 15) is 30.8 Å². The number of nitrogens with zero attached hydrogens (tertiary/aromatic N) is 1. The summed E-state index contributed by atoms with van der Waals surface area (Å²) in [5.74, 6) is -2.22. The number of hydrogen-bond acceptors (Lipinski definition) is 4. The van der Waals surface area contributed by atoms with Gasteiger partial charge in [-0.3, -0.25) is 4.98 Å². The summed E-state index contributed by atoms with van der Waals surface area (Å²) in [6, 6.07) is 10.2. The summed E-state index contributed by atoms with van der Waals surface area (Å²) < 4.78 is 77.1. The highest BCUT2D eigenvalue weighted by molar-refractivity contribution is 7.90. The standard InChI is InChI=1S/C21H17F4N3O3S/c22-19-8-3-14(10-18(19)21(23,24)25)13-32(30,31)17-6-4-16(5-7-17)28-20(29)27-12-15-2-1-9-26-11-15/h1-11H,12-13H2,(H2,27,28,29). The molecule has 0 radical (unpaired) electrons. The zero-order valence-electron chi connectivity index (χ0n) is 16.4. The van der Waals surface area contributed by atoms with Crippen molar-refractivity contribution in [1.29, 1.82) is 0 Å². The highest BCUT2D eigenvalue weighted by Gasteiger charge is 2.34. The van der Waals surface area contributed by atoms with Crippen LogP contribution >= 0.6 is 0 Å². The average molecular weight is 467 g/mol. The monoisotopic (exact) mass is 467 g/mol. The summed E-state index contributed by atoms with van der Waals surface area (Å²) in [5, 5.41) is 5.15. The molecule has 0 saturated heterocycles. The van der Waals surface area contributed by atoms with Crippen molar-refractivity contribution >= 4 is 21.6 Å². The molecule has 0 spiro atoms. The number of anilines is 1. The molecule has 3 rings (SSSR count). The van der Waals surface area contributed by atoms with Gasteiger partial charge in [0.25, 0.3) is 0 Å². The van der Waals surface area contributed by atoms with E-state index in [1.807, 2.05) is 0 Å². The first-order chi connectivity index (χ1) is 15.0. The summed E-state index contributed by atoms with van der Waals surface area (Å²) in [5.41, 5.74) is -0.620. The number of pyridine rings is 1. The van der Waals surface area contributed by atoms with E-state index in [2.05, 4.69) is 15.6 Å². The first-order valence-corrected chi connectivity index (χ1v) is 10.8. The van der Waals surface area contributed by atoms with Crippen LogP contribution in [0.2, 0.25) is 0 Å². The van der Waals surface area contributed by atoms with Gasteiger partial charge in [0, 0.05) is 24.6 Å². The van der Waals surface area contributed by atoms with Gasteiger partial charge in [-0.05, 0) is 53.6 Å². The largest absolute Gasteiger partial charge is 0.419 e. The molecule has 32 heavy (non-hydrogen) atoms. The molecule has 0 bridgehead atoms. The van der Waals surface area contributed by atoms with E-state index in [0.29, 0.717) is 17.8 Å². The Morgan fingerprint density at radius 1 is 1.00 bits per heavy atom. The summed E-state index contributed by atoms with van der Waals surface area (Å²) >= 11 is 0. The van der Waals surface area contributed by atoms with Crippen LogP contribution in [0.1, 0.15) is 16.7 Å². The molecule has 0 saturated carbocycles. The fourth-order valence-electron chi connectivity index (χ4n) is 2.79. The summed E-state index contributed by atoms with van der Waals surface area (Å²) in [4.78, 5) is 15.7. The lowest BCUT2D eigenvalue weighted by Gasteiger charge is -2.11. The third-order valence-electron chi connectivity index (χ3n) is 4.34. The van der Waals surface area contributed by atoms with E-state index < -0.39 is 39.2 Å². The fourth-order valence-corrected chi connectivity index (χ4v) is 4.12. The van der Waals surface area contributed by atoms with Gasteiger partial charge in [-0.15, -0.1) is 0 Å². The maximum absolute atomic E-state index is 13.4.